The van der Waals surface area contributed by atoms with Crippen molar-refractivity contribution >= 4 is 11.8 Å². The summed E-state index contributed by atoms with van der Waals surface area (Å²) >= 11 is 0. The number of nitrogens with two attached hydrogens (primary N) is 1. The van der Waals surface area contributed by atoms with E-state index in [9.17, 15) is 13.2 Å². The van der Waals surface area contributed by atoms with Gasteiger partial charge in [-0.05, 0) is 18.6 Å². The minimum absolute atomic E-state index is 0.0189. The van der Waals surface area contributed by atoms with Gasteiger partial charge in [0.05, 0.1) is 0 Å². The third kappa shape index (κ3) is 3.56. The molecule has 2 heterocycles. The summed E-state index contributed by atoms with van der Waals surface area (Å²) in [4.78, 5) is 11.0. The molecule has 2 rings (SSSR count). The van der Waals surface area contributed by atoms with Gasteiger partial charge in [-0.3, -0.25) is 4.98 Å². The molecule has 0 aliphatic carbocycles. The number of halogens is 3. The number of rotatable bonds is 3. The van der Waals surface area contributed by atoms with Gasteiger partial charge in [0.15, 0.2) is 5.69 Å². The highest BCUT2D eigenvalue weighted by molar-refractivity contribution is 5.41. The molecule has 0 saturated heterocycles. The molecule has 2 aromatic rings. The number of aryl methyl sites for hydroxylation is 1. The van der Waals surface area contributed by atoms with Gasteiger partial charge in [0.25, 0.3) is 0 Å². The number of alkyl halides is 3. The van der Waals surface area contributed by atoms with E-state index in [1.807, 2.05) is 19.1 Å². The van der Waals surface area contributed by atoms with Crippen molar-refractivity contribution < 1.29 is 13.2 Å². The molecule has 0 amide bonds. The summed E-state index contributed by atoms with van der Waals surface area (Å²) in [6.07, 6.45) is -2.92. The molecular formula is C12H12F3N5. The van der Waals surface area contributed by atoms with Gasteiger partial charge >= 0.3 is 6.18 Å². The zero-order valence-electron chi connectivity index (χ0n) is 10.6. The molecule has 0 spiro atoms. The zero-order valence-corrected chi connectivity index (χ0v) is 10.6. The standard InChI is InChI=1S/C12H12F3N5/c1-7-2-3-8(5-17-7)6-18-10-4-9(12(13,14)15)19-11(16)20-10/h2-5H,6H2,1H3,(H3,16,18,19,20). The fourth-order valence-corrected chi connectivity index (χ4v) is 1.50. The number of aromatic nitrogens is 3. The summed E-state index contributed by atoms with van der Waals surface area (Å²) < 4.78 is 37.7. The van der Waals surface area contributed by atoms with Gasteiger partial charge in [0.1, 0.15) is 5.82 Å². The Morgan fingerprint density at radius 2 is 2.00 bits per heavy atom. The van der Waals surface area contributed by atoms with Crippen molar-refractivity contribution in [3.8, 4) is 0 Å². The van der Waals surface area contributed by atoms with Crippen LogP contribution in [-0.4, -0.2) is 15.0 Å². The summed E-state index contributed by atoms with van der Waals surface area (Å²) in [7, 11) is 0. The fourth-order valence-electron chi connectivity index (χ4n) is 1.50. The maximum Gasteiger partial charge on any atom is 0.433 e. The van der Waals surface area contributed by atoms with E-state index >= 15 is 0 Å². The van der Waals surface area contributed by atoms with Crippen LogP contribution in [0.5, 0.6) is 0 Å². The summed E-state index contributed by atoms with van der Waals surface area (Å²) in [5, 5.41) is 2.76. The molecular weight excluding hydrogens is 271 g/mol. The molecule has 20 heavy (non-hydrogen) atoms. The van der Waals surface area contributed by atoms with Crippen molar-refractivity contribution in [2.45, 2.75) is 19.6 Å². The lowest BCUT2D eigenvalue weighted by Gasteiger charge is -2.10. The number of hydrogen-bond acceptors (Lipinski definition) is 5. The highest BCUT2D eigenvalue weighted by Crippen LogP contribution is 2.29. The van der Waals surface area contributed by atoms with E-state index in [0.29, 0.717) is 6.54 Å². The number of nitrogen functional groups attached to an aromatic ring is 1. The van der Waals surface area contributed by atoms with Crippen LogP contribution in [-0.2, 0) is 12.7 Å². The molecule has 3 N–H and O–H groups in total. The fraction of sp³-hybridized carbons (Fsp3) is 0.250. The Kier molecular flexibility index (Phi) is 3.73. The minimum Gasteiger partial charge on any atom is -0.368 e. The Morgan fingerprint density at radius 1 is 1.25 bits per heavy atom. The molecule has 0 aliphatic rings. The third-order valence-electron chi connectivity index (χ3n) is 2.48. The van der Waals surface area contributed by atoms with E-state index < -0.39 is 17.8 Å². The van der Waals surface area contributed by atoms with Crippen LogP contribution < -0.4 is 11.1 Å². The van der Waals surface area contributed by atoms with Crippen LogP contribution in [0, 0.1) is 6.92 Å². The molecule has 0 saturated carbocycles. The van der Waals surface area contributed by atoms with Gasteiger partial charge in [0.2, 0.25) is 5.95 Å². The van der Waals surface area contributed by atoms with Gasteiger partial charge in [0, 0.05) is 24.5 Å². The van der Waals surface area contributed by atoms with Gasteiger partial charge < -0.3 is 11.1 Å². The first kappa shape index (κ1) is 14.0. The number of nitrogens with zero attached hydrogens (tertiary/aromatic N) is 3. The van der Waals surface area contributed by atoms with E-state index in [0.717, 1.165) is 17.3 Å². The quantitative estimate of drug-likeness (QED) is 0.904. The van der Waals surface area contributed by atoms with Crippen molar-refractivity contribution in [1.82, 2.24) is 15.0 Å². The normalized spacial score (nSPS) is 11.4. The first-order chi connectivity index (χ1) is 9.34. The van der Waals surface area contributed by atoms with Crippen LogP contribution in [0.1, 0.15) is 17.0 Å². The number of hydrogen-bond donors (Lipinski definition) is 2. The second-order valence-electron chi connectivity index (χ2n) is 4.16. The van der Waals surface area contributed by atoms with Gasteiger partial charge in [-0.2, -0.15) is 18.2 Å². The molecule has 0 aliphatic heterocycles. The number of pyridine rings is 1. The zero-order chi connectivity index (χ0) is 14.8. The van der Waals surface area contributed by atoms with Gasteiger partial charge in [-0.25, -0.2) is 4.98 Å². The van der Waals surface area contributed by atoms with Crippen molar-refractivity contribution in [3.05, 3.63) is 41.3 Å². The lowest BCUT2D eigenvalue weighted by molar-refractivity contribution is -0.141. The van der Waals surface area contributed by atoms with Crippen LogP contribution in [0.4, 0.5) is 24.9 Å². The van der Waals surface area contributed by atoms with Crippen LogP contribution in [0.15, 0.2) is 24.4 Å². The average molecular weight is 283 g/mol. The van der Waals surface area contributed by atoms with Crippen LogP contribution in [0.3, 0.4) is 0 Å². The van der Waals surface area contributed by atoms with Crippen molar-refractivity contribution in [1.29, 1.82) is 0 Å². The average Bonchev–Trinajstić information content (AvgIpc) is 2.36. The third-order valence-corrected chi connectivity index (χ3v) is 2.48. The maximum atomic E-state index is 12.6. The lowest BCUT2D eigenvalue weighted by atomic mass is 10.2. The molecule has 8 heteroatoms. The summed E-state index contributed by atoms with van der Waals surface area (Å²) in [5.41, 5.74) is 5.88. The monoisotopic (exact) mass is 283 g/mol. The Bertz CT molecular complexity index is 595. The highest BCUT2D eigenvalue weighted by Gasteiger charge is 2.33. The highest BCUT2D eigenvalue weighted by atomic mass is 19.4. The molecule has 0 bridgehead atoms. The Morgan fingerprint density at radius 3 is 2.60 bits per heavy atom. The van der Waals surface area contributed by atoms with Crippen LogP contribution in [0.25, 0.3) is 0 Å². The first-order valence-corrected chi connectivity index (χ1v) is 5.72. The summed E-state index contributed by atoms with van der Waals surface area (Å²) in [6, 6.07) is 4.45. The van der Waals surface area contributed by atoms with E-state index in [4.69, 9.17) is 5.73 Å². The van der Waals surface area contributed by atoms with Gasteiger partial charge in [-0.15, -0.1) is 0 Å². The predicted octanol–water partition coefficient (Wildman–Crippen LogP) is 2.39. The topological polar surface area (TPSA) is 76.7 Å². The van der Waals surface area contributed by atoms with Crippen molar-refractivity contribution in [3.63, 3.8) is 0 Å². The molecule has 0 fully saturated rings. The van der Waals surface area contributed by atoms with E-state index in [-0.39, 0.29) is 5.82 Å². The molecule has 106 valence electrons. The van der Waals surface area contributed by atoms with E-state index in [1.165, 1.54) is 0 Å². The summed E-state index contributed by atoms with van der Waals surface area (Å²) in [6.45, 7) is 2.14. The predicted molar refractivity (Wildman–Crippen MR) is 67.7 cm³/mol. The number of nitrogens with one attached hydrogen (secondary N) is 1. The second kappa shape index (κ2) is 5.32. The molecule has 0 radical (unpaired) electrons. The largest absolute Gasteiger partial charge is 0.433 e. The van der Waals surface area contributed by atoms with Gasteiger partial charge in [-0.1, -0.05) is 6.07 Å². The smallest absolute Gasteiger partial charge is 0.368 e. The van der Waals surface area contributed by atoms with E-state index in [2.05, 4.69) is 20.3 Å². The van der Waals surface area contributed by atoms with Crippen LogP contribution in [0.2, 0.25) is 0 Å². The lowest BCUT2D eigenvalue weighted by Crippen LogP contribution is -2.13. The van der Waals surface area contributed by atoms with E-state index in [1.54, 1.807) is 6.20 Å². The number of anilines is 2. The van der Waals surface area contributed by atoms with Crippen molar-refractivity contribution in [2.24, 2.45) is 0 Å². The second-order valence-corrected chi connectivity index (χ2v) is 4.16. The SMILES string of the molecule is Cc1ccc(CNc2cc(C(F)(F)F)nc(N)n2)cn1. The Hall–Kier alpha value is -2.38. The molecule has 2 aromatic heterocycles. The minimum atomic E-state index is -4.56. The van der Waals surface area contributed by atoms with Crippen molar-refractivity contribution in [2.75, 3.05) is 11.1 Å². The Labute approximate surface area is 113 Å². The molecule has 0 unspecified atom stereocenters. The molecule has 0 atom stereocenters. The van der Waals surface area contributed by atoms with Crippen LogP contribution >= 0.6 is 0 Å². The molecule has 5 nitrogen and oxygen atoms in total. The maximum absolute atomic E-state index is 12.6. The first-order valence-electron chi connectivity index (χ1n) is 5.72. The Balaban J connectivity index is 2.13. The molecule has 0 aromatic carbocycles. The summed E-state index contributed by atoms with van der Waals surface area (Å²) in [5.74, 6) is -0.408.